The third-order valence-corrected chi connectivity index (χ3v) is 4.30. The molecule has 2 heterocycles. The number of hydrogen-bond acceptors (Lipinski definition) is 5. The Morgan fingerprint density at radius 1 is 1.15 bits per heavy atom. The molecule has 1 aliphatic carbocycles. The summed E-state index contributed by atoms with van der Waals surface area (Å²) in [4.78, 5) is 40.1. The first kappa shape index (κ1) is 15.9. The molecular formula is C17H8F2N2O5. The van der Waals surface area contributed by atoms with E-state index in [9.17, 15) is 28.3 Å². The van der Waals surface area contributed by atoms with Crippen LogP contribution in [-0.4, -0.2) is 39.7 Å². The molecule has 9 heteroatoms. The molecule has 1 atom stereocenters. The van der Waals surface area contributed by atoms with E-state index in [1.54, 1.807) is 0 Å². The lowest BCUT2D eigenvalue weighted by molar-refractivity contribution is -0.134. The smallest absolute Gasteiger partial charge is 0.341 e. The zero-order chi connectivity index (χ0) is 18.7. The molecule has 4 rings (SSSR count). The van der Waals surface area contributed by atoms with Crippen molar-refractivity contribution in [1.82, 2.24) is 0 Å². The first-order chi connectivity index (χ1) is 12.3. The molecule has 3 aliphatic rings. The third-order valence-electron chi connectivity index (χ3n) is 4.30. The number of halogens is 2. The maximum atomic E-state index is 14.3. The highest BCUT2D eigenvalue weighted by Crippen LogP contribution is 2.44. The molecule has 0 fully saturated rings. The van der Waals surface area contributed by atoms with Gasteiger partial charge in [-0.1, -0.05) is 0 Å². The maximum absolute atomic E-state index is 14.3. The number of carboxylic acid groups (broad SMARTS) is 2. The number of fused-ring (bicyclic) bond motifs is 2. The van der Waals surface area contributed by atoms with Crippen LogP contribution in [0.15, 0.2) is 58.3 Å². The highest BCUT2D eigenvalue weighted by Gasteiger charge is 2.45. The van der Waals surface area contributed by atoms with E-state index in [0.29, 0.717) is 6.08 Å². The van der Waals surface area contributed by atoms with Crippen LogP contribution in [0.4, 0.5) is 20.2 Å². The molecule has 0 aromatic heterocycles. The average Bonchev–Trinajstić information content (AvgIpc) is 2.60. The van der Waals surface area contributed by atoms with Crippen LogP contribution in [-0.2, 0) is 9.59 Å². The minimum atomic E-state index is -1.52. The summed E-state index contributed by atoms with van der Waals surface area (Å²) in [7, 11) is 0. The van der Waals surface area contributed by atoms with Crippen LogP contribution >= 0.6 is 0 Å². The van der Waals surface area contributed by atoms with E-state index in [-0.39, 0.29) is 22.5 Å². The van der Waals surface area contributed by atoms with Gasteiger partial charge in [0.15, 0.2) is 17.4 Å². The number of carboxylic acids is 2. The van der Waals surface area contributed by atoms with Gasteiger partial charge in [-0.05, 0) is 24.3 Å². The Bertz CT molecular complexity index is 1050. The number of aromatic carboxylic acids is 1. The molecular weight excluding hydrogens is 350 g/mol. The van der Waals surface area contributed by atoms with E-state index >= 15 is 0 Å². The summed E-state index contributed by atoms with van der Waals surface area (Å²) in [6.07, 6.45) is 1.69. The summed E-state index contributed by atoms with van der Waals surface area (Å²) in [5, 5.41) is 18.3. The molecule has 2 N–H and O–H groups in total. The number of ketones is 1. The lowest BCUT2D eigenvalue weighted by atomic mass is 9.84. The lowest BCUT2D eigenvalue weighted by Crippen LogP contribution is -2.49. The fourth-order valence-corrected chi connectivity index (χ4v) is 3.13. The zero-order valence-corrected chi connectivity index (χ0v) is 12.7. The average molecular weight is 358 g/mol. The number of hydrogen-bond donors (Lipinski definition) is 2. The van der Waals surface area contributed by atoms with E-state index in [1.807, 2.05) is 0 Å². The van der Waals surface area contributed by atoms with Crippen LogP contribution in [0, 0.1) is 0 Å². The molecule has 0 amide bonds. The Balaban J connectivity index is 2.03. The van der Waals surface area contributed by atoms with E-state index in [0.717, 1.165) is 12.3 Å². The van der Waals surface area contributed by atoms with Gasteiger partial charge < -0.3 is 15.1 Å². The number of benzene rings is 1. The number of aliphatic carboxylic acids is 1. The molecule has 0 saturated carbocycles. The van der Waals surface area contributed by atoms with Crippen molar-refractivity contribution >= 4 is 34.8 Å². The van der Waals surface area contributed by atoms with Gasteiger partial charge in [-0.15, -0.1) is 0 Å². The topological polar surface area (TPSA) is 107 Å². The summed E-state index contributed by atoms with van der Waals surface area (Å²) in [5.41, 5.74) is -1.11. The van der Waals surface area contributed by atoms with Gasteiger partial charge in [-0.2, -0.15) is 0 Å². The minimum Gasteiger partial charge on any atom is -0.478 e. The Hall–Kier alpha value is -3.62. The Morgan fingerprint density at radius 2 is 1.88 bits per heavy atom. The monoisotopic (exact) mass is 358 g/mol. The van der Waals surface area contributed by atoms with Crippen LogP contribution in [0.1, 0.15) is 10.4 Å². The Morgan fingerprint density at radius 3 is 2.54 bits per heavy atom. The van der Waals surface area contributed by atoms with Crippen LogP contribution in [0.5, 0.6) is 0 Å². The Labute approximate surface area is 143 Å². The van der Waals surface area contributed by atoms with E-state index in [2.05, 4.69) is 4.99 Å². The maximum Gasteiger partial charge on any atom is 0.341 e. The second-order valence-electron chi connectivity index (χ2n) is 5.75. The molecule has 0 radical (unpaired) electrons. The minimum absolute atomic E-state index is 0.0238. The van der Waals surface area contributed by atoms with Gasteiger partial charge in [0, 0.05) is 11.8 Å². The number of anilines is 1. The summed E-state index contributed by atoms with van der Waals surface area (Å²) in [5.74, 6) is -6.31. The molecule has 2 aliphatic heterocycles. The predicted molar refractivity (Wildman–Crippen MR) is 84.8 cm³/mol. The largest absolute Gasteiger partial charge is 0.478 e. The summed E-state index contributed by atoms with van der Waals surface area (Å²) in [6.45, 7) is 0. The van der Waals surface area contributed by atoms with Crippen molar-refractivity contribution in [2.75, 3.05) is 4.90 Å². The van der Waals surface area contributed by atoms with Gasteiger partial charge in [0.25, 0.3) is 0 Å². The van der Waals surface area contributed by atoms with Crippen molar-refractivity contribution in [3.8, 4) is 0 Å². The molecule has 130 valence electrons. The fourth-order valence-electron chi connectivity index (χ4n) is 3.13. The lowest BCUT2D eigenvalue weighted by Gasteiger charge is -2.40. The van der Waals surface area contributed by atoms with Crippen LogP contribution in [0.25, 0.3) is 0 Å². The molecule has 1 aromatic carbocycles. The van der Waals surface area contributed by atoms with Gasteiger partial charge in [-0.3, -0.25) is 4.79 Å². The van der Waals surface area contributed by atoms with Crippen molar-refractivity contribution < 1.29 is 33.4 Å². The van der Waals surface area contributed by atoms with Crippen molar-refractivity contribution in [2.45, 2.75) is 6.04 Å². The summed E-state index contributed by atoms with van der Waals surface area (Å²) < 4.78 is 28.2. The number of carbonyl (C=O) groups excluding carboxylic acids is 1. The number of Topliss-reactive ketones (excluding diaryl/α,β-unsaturated/α-hetero) is 1. The Kier molecular flexibility index (Phi) is 3.17. The normalized spacial score (nSPS) is 20.7. The third kappa shape index (κ3) is 2.03. The van der Waals surface area contributed by atoms with Gasteiger partial charge in [0.05, 0.1) is 16.9 Å². The van der Waals surface area contributed by atoms with Crippen LogP contribution in [0.2, 0.25) is 0 Å². The quantitative estimate of drug-likeness (QED) is 0.786. The van der Waals surface area contributed by atoms with Crippen molar-refractivity contribution in [2.24, 2.45) is 4.99 Å². The number of carbonyl (C=O) groups is 3. The van der Waals surface area contributed by atoms with E-state index in [1.165, 1.54) is 17.0 Å². The highest BCUT2D eigenvalue weighted by molar-refractivity contribution is 6.30. The molecule has 26 heavy (non-hydrogen) atoms. The highest BCUT2D eigenvalue weighted by atomic mass is 19.2. The fraction of sp³-hybridized carbons (Fsp3) is 0.0588. The first-order valence-electron chi connectivity index (χ1n) is 7.31. The molecule has 7 nitrogen and oxygen atoms in total. The second-order valence-corrected chi connectivity index (χ2v) is 5.75. The van der Waals surface area contributed by atoms with Crippen molar-refractivity contribution in [1.29, 1.82) is 0 Å². The molecule has 1 aromatic rings. The number of aliphatic imine (C=N–C) groups is 1. The van der Waals surface area contributed by atoms with Gasteiger partial charge in [-0.25, -0.2) is 23.4 Å². The van der Waals surface area contributed by atoms with Gasteiger partial charge in [0.1, 0.15) is 17.3 Å². The van der Waals surface area contributed by atoms with Crippen molar-refractivity contribution in [3.63, 3.8) is 0 Å². The number of rotatable bonds is 2. The molecule has 0 saturated heterocycles. The first-order valence-corrected chi connectivity index (χ1v) is 7.31. The number of allylic oxidation sites excluding steroid dienone is 2. The number of nitrogens with zero attached hydrogens (tertiary/aromatic N) is 2. The molecule has 0 spiro atoms. The second kappa shape index (κ2) is 5.19. The van der Waals surface area contributed by atoms with Gasteiger partial charge in [0.2, 0.25) is 0 Å². The van der Waals surface area contributed by atoms with E-state index < -0.39 is 46.7 Å². The van der Waals surface area contributed by atoms with Crippen LogP contribution < -0.4 is 4.90 Å². The predicted octanol–water partition coefficient (Wildman–Crippen LogP) is 2.29. The molecule has 0 bridgehead atoms. The van der Waals surface area contributed by atoms with Gasteiger partial charge >= 0.3 is 11.9 Å². The summed E-state index contributed by atoms with van der Waals surface area (Å²) in [6, 6.07) is 2.68. The molecule has 1 unspecified atom stereocenters. The van der Waals surface area contributed by atoms with E-state index in [4.69, 9.17) is 5.11 Å². The summed E-state index contributed by atoms with van der Waals surface area (Å²) >= 11 is 0. The standard InChI is InChI=1S/C17H8F2N2O5/c18-9-4-7-14-13(12(9)19)20-10-3-6(16(23)24)1-2-11(10)21(14)5-8(15(7)22)17(25)26/h1-5,14H,(H,23,24)(H,25,26). The van der Waals surface area contributed by atoms with Crippen molar-refractivity contribution in [3.05, 3.63) is 58.8 Å². The van der Waals surface area contributed by atoms with Crippen LogP contribution in [0.3, 0.4) is 0 Å². The SMILES string of the molecule is O=C(O)C1=CN2c3ccc(C(=O)O)cc3N=C3C(F)=C(F)C=C(C1=O)C32. The zero-order valence-electron chi connectivity index (χ0n) is 12.7.